The fraction of sp³-hybridized carbons (Fsp3) is 0.111. The molecule has 136 valence electrons. The second kappa shape index (κ2) is 7.81. The minimum Gasteiger partial charge on any atom is -0.497 e. The summed E-state index contributed by atoms with van der Waals surface area (Å²) in [7, 11) is 1.62. The standard InChI is InChI=1S/C18H13ClN4O3S/c1-24-14-8-4-12(5-9-14)17-22-23-18(26-17)27-10-15-20-21-16(25-15)11-2-6-13(19)7-3-11/h2-9H,10H2,1H3. The molecule has 0 unspecified atom stereocenters. The van der Waals surface area contributed by atoms with E-state index in [0.29, 0.717) is 33.7 Å². The van der Waals surface area contributed by atoms with Crippen LogP contribution in [0.3, 0.4) is 0 Å². The van der Waals surface area contributed by atoms with Gasteiger partial charge in [0.15, 0.2) is 0 Å². The van der Waals surface area contributed by atoms with E-state index in [4.69, 9.17) is 25.2 Å². The van der Waals surface area contributed by atoms with Gasteiger partial charge in [-0.3, -0.25) is 0 Å². The fourth-order valence-corrected chi connectivity index (χ4v) is 2.99. The summed E-state index contributed by atoms with van der Waals surface area (Å²) < 4.78 is 16.5. The highest BCUT2D eigenvalue weighted by atomic mass is 35.5. The number of ether oxygens (including phenoxy) is 1. The molecule has 0 saturated heterocycles. The monoisotopic (exact) mass is 400 g/mol. The van der Waals surface area contributed by atoms with E-state index in [1.54, 1.807) is 19.2 Å². The van der Waals surface area contributed by atoms with Crippen LogP contribution in [0.1, 0.15) is 5.89 Å². The van der Waals surface area contributed by atoms with Crippen molar-refractivity contribution in [3.05, 3.63) is 59.4 Å². The topological polar surface area (TPSA) is 87.1 Å². The summed E-state index contributed by atoms with van der Waals surface area (Å²) in [5.74, 6) is 2.53. The van der Waals surface area contributed by atoms with Crippen LogP contribution in [0.15, 0.2) is 62.6 Å². The van der Waals surface area contributed by atoms with Crippen LogP contribution in [0, 0.1) is 0 Å². The number of methoxy groups -OCH3 is 1. The molecular formula is C18H13ClN4O3S. The number of hydrogen-bond acceptors (Lipinski definition) is 8. The summed E-state index contributed by atoms with van der Waals surface area (Å²) in [6.45, 7) is 0. The van der Waals surface area contributed by atoms with Gasteiger partial charge < -0.3 is 13.6 Å². The summed E-state index contributed by atoms with van der Waals surface area (Å²) in [5, 5.41) is 17.3. The number of nitrogens with zero attached hydrogens (tertiary/aromatic N) is 4. The third-order valence-electron chi connectivity index (χ3n) is 3.62. The minimum atomic E-state index is 0.421. The van der Waals surface area contributed by atoms with E-state index in [1.165, 1.54) is 11.8 Å². The van der Waals surface area contributed by atoms with Crippen molar-refractivity contribution in [2.24, 2.45) is 0 Å². The van der Waals surface area contributed by atoms with E-state index in [-0.39, 0.29) is 0 Å². The highest BCUT2D eigenvalue weighted by Crippen LogP contribution is 2.27. The summed E-state index contributed by atoms with van der Waals surface area (Å²) in [6, 6.07) is 14.6. The molecular weight excluding hydrogens is 388 g/mol. The average Bonchev–Trinajstić information content (AvgIpc) is 3.37. The first-order valence-electron chi connectivity index (χ1n) is 7.90. The van der Waals surface area contributed by atoms with E-state index in [1.807, 2.05) is 36.4 Å². The molecule has 0 aliphatic carbocycles. The minimum absolute atomic E-state index is 0.421. The highest BCUT2D eigenvalue weighted by molar-refractivity contribution is 7.98. The van der Waals surface area contributed by atoms with Gasteiger partial charge in [0.1, 0.15) is 5.75 Å². The quantitative estimate of drug-likeness (QED) is 0.429. The van der Waals surface area contributed by atoms with E-state index >= 15 is 0 Å². The number of thioether (sulfide) groups is 1. The lowest BCUT2D eigenvalue weighted by atomic mass is 10.2. The Morgan fingerprint density at radius 3 is 2.19 bits per heavy atom. The van der Waals surface area contributed by atoms with Crippen LogP contribution < -0.4 is 4.74 Å². The van der Waals surface area contributed by atoms with Gasteiger partial charge in [0, 0.05) is 16.1 Å². The van der Waals surface area contributed by atoms with Crippen molar-refractivity contribution in [3.8, 4) is 28.7 Å². The van der Waals surface area contributed by atoms with E-state index < -0.39 is 0 Å². The Morgan fingerprint density at radius 1 is 0.852 bits per heavy atom. The molecule has 2 heterocycles. The lowest BCUT2D eigenvalue weighted by Gasteiger charge is -1.99. The van der Waals surface area contributed by atoms with Crippen LogP contribution in [0.4, 0.5) is 0 Å². The third kappa shape index (κ3) is 4.12. The predicted octanol–water partition coefficient (Wildman–Crippen LogP) is 4.74. The Kier molecular flexibility index (Phi) is 5.08. The molecule has 0 amide bonds. The van der Waals surface area contributed by atoms with Gasteiger partial charge in [-0.2, -0.15) is 0 Å². The van der Waals surface area contributed by atoms with E-state index in [0.717, 1.165) is 16.9 Å². The van der Waals surface area contributed by atoms with E-state index in [2.05, 4.69) is 20.4 Å². The van der Waals surface area contributed by atoms with Crippen LogP contribution in [-0.2, 0) is 5.75 Å². The second-order valence-corrected chi connectivity index (χ2v) is 6.76. The van der Waals surface area contributed by atoms with Gasteiger partial charge in [0.05, 0.1) is 12.9 Å². The molecule has 0 N–H and O–H groups in total. The number of rotatable bonds is 6. The maximum atomic E-state index is 5.88. The first kappa shape index (κ1) is 17.6. The second-order valence-electron chi connectivity index (χ2n) is 5.40. The van der Waals surface area contributed by atoms with Crippen molar-refractivity contribution in [2.45, 2.75) is 11.0 Å². The molecule has 7 nitrogen and oxygen atoms in total. The molecule has 0 spiro atoms. The van der Waals surface area contributed by atoms with E-state index in [9.17, 15) is 0 Å². The van der Waals surface area contributed by atoms with Gasteiger partial charge in [0.25, 0.3) is 5.22 Å². The van der Waals surface area contributed by atoms with Gasteiger partial charge >= 0.3 is 0 Å². The first-order valence-corrected chi connectivity index (χ1v) is 9.26. The molecule has 2 aromatic heterocycles. The molecule has 4 aromatic rings. The smallest absolute Gasteiger partial charge is 0.277 e. The predicted molar refractivity (Wildman–Crippen MR) is 101 cm³/mol. The number of benzene rings is 2. The van der Waals surface area contributed by atoms with Gasteiger partial charge in [-0.25, -0.2) is 0 Å². The van der Waals surface area contributed by atoms with Gasteiger partial charge in [-0.1, -0.05) is 23.4 Å². The lowest BCUT2D eigenvalue weighted by Crippen LogP contribution is -1.82. The first-order chi connectivity index (χ1) is 13.2. The molecule has 0 saturated carbocycles. The Bertz CT molecular complexity index is 1030. The highest BCUT2D eigenvalue weighted by Gasteiger charge is 2.13. The molecule has 27 heavy (non-hydrogen) atoms. The van der Waals surface area contributed by atoms with Crippen molar-refractivity contribution >= 4 is 23.4 Å². The van der Waals surface area contributed by atoms with Crippen LogP contribution in [0.25, 0.3) is 22.9 Å². The Labute approximate surface area is 163 Å². The zero-order valence-corrected chi connectivity index (χ0v) is 15.7. The number of halogens is 1. The molecule has 0 atom stereocenters. The average molecular weight is 401 g/mol. The molecule has 2 aromatic carbocycles. The van der Waals surface area contributed by atoms with Crippen LogP contribution in [0.5, 0.6) is 5.75 Å². The van der Waals surface area contributed by atoms with Crippen molar-refractivity contribution in [2.75, 3.05) is 7.11 Å². The Balaban J connectivity index is 1.40. The summed E-state index contributed by atoms with van der Waals surface area (Å²) in [5.41, 5.74) is 1.63. The number of hydrogen-bond donors (Lipinski definition) is 0. The molecule has 0 bridgehead atoms. The third-order valence-corrected chi connectivity index (χ3v) is 4.68. The molecule has 4 rings (SSSR count). The molecule has 0 fully saturated rings. The van der Waals surface area contributed by atoms with Crippen molar-refractivity contribution in [1.29, 1.82) is 0 Å². The van der Waals surface area contributed by atoms with Gasteiger partial charge in [-0.05, 0) is 48.5 Å². The zero-order valence-electron chi connectivity index (χ0n) is 14.1. The summed E-state index contributed by atoms with van der Waals surface area (Å²) in [4.78, 5) is 0. The molecule has 9 heteroatoms. The molecule has 0 aliphatic heterocycles. The van der Waals surface area contributed by atoms with Crippen molar-refractivity contribution in [3.63, 3.8) is 0 Å². The number of aromatic nitrogens is 4. The SMILES string of the molecule is COc1ccc(-c2nnc(SCc3nnc(-c4ccc(Cl)cc4)o3)o2)cc1. The maximum Gasteiger partial charge on any atom is 0.277 e. The Hall–Kier alpha value is -2.84. The van der Waals surface area contributed by atoms with Crippen molar-refractivity contribution < 1.29 is 13.6 Å². The summed E-state index contributed by atoms with van der Waals surface area (Å²) in [6.07, 6.45) is 0. The van der Waals surface area contributed by atoms with Gasteiger partial charge in [-0.15, -0.1) is 20.4 Å². The Morgan fingerprint density at radius 2 is 1.48 bits per heavy atom. The molecule has 0 aliphatic rings. The van der Waals surface area contributed by atoms with Crippen LogP contribution >= 0.6 is 23.4 Å². The van der Waals surface area contributed by atoms with Crippen LogP contribution in [-0.4, -0.2) is 27.5 Å². The van der Waals surface area contributed by atoms with Gasteiger partial charge in [0.2, 0.25) is 17.7 Å². The van der Waals surface area contributed by atoms with Crippen LogP contribution in [0.2, 0.25) is 5.02 Å². The zero-order chi connectivity index (χ0) is 18.6. The van der Waals surface area contributed by atoms with Crippen molar-refractivity contribution in [1.82, 2.24) is 20.4 Å². The molecule has 0 radical (unpaired) electrons. The normalized spacial score (nSPS) is 10.9. The largest absolute Gasteiger partial charge is 0.497 e. The maximum absolute atomic E-state index is 5.88. The fourth-order valence-electron chi connectivity index (χ4n) is 2.26. The summed E-state index contributed by atoms with van der Waals surface area (Å²) >= 11 is 7.21. The lowest BCUT2D eigenvalue weighted by molar-refractivity contribution is 0.414.